The van der Waals surface area contributed by atoms with E-state index in [9.17, 15) is 9.59 Å². The van der Waals surface area contributed by atoms with Gasteiger partial charge in [-0.3, -0.25) is 4.79 Å². The Morgan fingerprint density at radius 3 is 2.31 bits per heavy atom. The van der Waals surface area contributed by atoms with Gasteiger partial charge < -0.3 is 15.5 Å². The van der Waals surface area contributed by atoms with E-state index in [1.165, 1.54) is 51.4 Å². The van der Waals surface area contributed by atoms with Crippen molar-refractivity contribution in [2.24, 2.45) is 17.3 Å². The van der Waals surface area contributed by atoms with Crippen LogP contribution in [0.1, 0.15) is 77.0 Å². The number of amides is 3. The summed E-state index contributed by atoms with van der Waals surface area (Å²) in [6.45, 7) is 2.45. The number of nitrogens with one attached hydrogen (secondary N) is 2. The highest BCUT2D eigenvalue weighted by molar-refractivity contribution is 5.80. The van der Waals surface area contributed by atoms with E-state index in [2.05, 4.69) is 15.5 Å². The van der Waals surface area contributed by atoms with Crippen LogP contribution in [0, 0.1) is 17.3 Å². The molecular formula is C21H35N3O2. The quantitative estimate of drug-likeness (QED) is 0.806. The molecule has 1 atom stereocenters. The second-order valence-electron chi connectivity index (χ2n) is 9.30. The topological polar surface area (TPSA) is 61.4 Å². The summed E-state index contributed by atoms with van der Waals surface area (Å²) >= 11 is 0. The highest BCUT2D eigenvalue weighted by Crippen LogP contribution is 2.47. The highest BCUT2D eigenvalue weighted by atomic mass is 16.2. The van der Waals surface area contributed by atoms with E-state index in [0.29, 0.717) is 12.0 Å². The van der Waals surface area contributed by atoms with Crippen molar-refractivity contribution in [3.05, 3.63) is 0 Å². The summed E-state index contributed by atoms with van der Waals surface area (Å²) in [6, 6.07) is 0.505. The number of hydrogen-bond acceptors (Lipinski definition) is 2. The summed E-state index contributed by atoms with van der Waals surface area (Å²) in [5.41, 5.74) is 0.235. The Hall–Kier alpha value is -1.26. The van der Waals surface area contributed by atoms with Gasteiger partial charge in [0.25, 0.3) is 0 Å². The molecule has 1 spiro atoms. The van der Waals surface area contributed by atoms with E-state index in [1.807, 2.05) is 0 Å². The van der Waals surface area contributed by atoms with E-state index in [1.54, 1.807) is 0 Å². The fraction of sp³-hybridized carbons (Fsp3) is 0.905. The molecule has 4 fully saturated rings. The monoisotopic (exact) mass is 361 g/mol. The maximum Gasteiger partial charge on any atom is 0.317 e. The van der Waals surface area contributed by atoms with E-state index >= 15 is 0 Å². The molecule has 1 unspecified atom stereocenters. The maximum absolute atomic E-state index is 12.9. The third kappa shape index (κ3) is 4.01. The van der Waals surface area contributed by atoms with Crippen molar-refractivity contribution >= 4 is 11.9 Å². The molecule has 1 heterocycles. The van der Waals surface area contributed by atoms with Crippen LogP contribution in [0.5, 0.6) is 0 Å². The molecule has 3 saturated carbocycles. The minimum absolute atomic E-state index is 0.137. The van der Waals surface area contributed by atoms with Gasteiger partial charge >= 0.3 is 6.03 Å². The predicted molar refractivity (Wildman–Crippen MR) is 102 cm³/mol. The van der Waals surface area contributed by atoms with Gasteiger partial charge in [0.05, 0.1) is 0 Å². The summed E-state index contributed by atoms with van der Waals surface area (Å²) in [4.78, 5) is 27.0. The van der Waals surface area contributed by atoms with Gasteiger partial charge in [0, 0.05) is 37.5 Å². The SMILES string of the molecule is O=C(NCC1CN(C(=O)NC2CCCCC2)CC12CCCCC2)C1CC1. The molecule has 3 aliphatic carbocycles. The molecule has 1 saturated heterocycles. The van der Waals surface area contributed by atoms with Crippen LogP contribution < -0.4 is 10.6 Å². The Morgan fingerprint density at radius 1 is 0.923 bits per heavy atom. The average molecular weight is 362 g/mol. The van der Waals surface area contributed by atoms with Crippen molar-refractivity contribution in [1.82, 2.24) is 15.5 Å². The van der Waals surface area contributed by atoms with E-state index in [0.717, 1.165) is 45.3 Å². The molecule has 26 heavy (non-hydrogen) atoms. The minimum Gasteiger partial charge on any atom is -0.355 e. The highest BCUT2D eigenvalue weighted by Gasteiger charge is 2.48. The van der Waals surface area contributed by atoms with Crippen LogP contribution in [0.2, 0.25) is 0 Å². The number of likely N-dealkylation sites (tertiary alicyclic amines) is 1. The summed E-state index contributed by atoms with van der Waals surface area (Å²) < 4.78 is 0. The minimum atomic E-state index is 0.137. The van der Waals surface area contributed by atoms with Crippen LogP contribution in [-0.4, -0.2) is 42.5 Å². The van der Waals surface area contributed by atoms with Gasteiger partial charge in [-0.05, 0) is 43.9 Å². The third-order valence-electron chi connectivity index (χ3n) is 7.35. The Morgan fingerprint density at radius 2 is 1.62 bits per heavy atom. The second-order valence-corrected chi connectivity index (χ2v) is 9.30. The summed E-state index contributed by atoms with van der Waals surface area (Å²) in [5.74, 6) is 0.924. The van der Waals surface area contributed by atoms with Gasteiger partial charge in [-0.25, -0.2) is 4.79 Å². The van der Waals surface area contributed by atoms with Crippen molar-refractivity contribution in [2.45, 2.75) is 83.1 Å². The molecule has 0 aromatic heterocycles. The van der Waals surface area contributed by atoms with Crippen LogP contribution >= 0.6 is 0 Å². The fourth-order valence-corrected chi connectivity index (χ4v) is 5.52. The molecule has 5 nitrogen and oxygen atoms in total. The first-order chi connectivity index (χ1) is 12.7. The van der Waals surface area contributed by atoms with Gasteiger partial charge in [-0.1, -0.05) is 38.5 Å². The lowest BCUT2D eigenvalue weighted by atomic mass is 9.67. The van der Waals surface area contributed by atoms with Gasteiger partial charge in [0.1, 0.15) is 0 Å². The zero-order chi connectivity index (χ0) is 18.0. The van der Waals surface area contributed by atoms with Crippen molar-refractivity contribution in [3.8, 4) is 0 Å². The molecule has 0 radical (unpaired) electrons. The molecule has 5 heteroatoms. The zero-order valence-corrected chi connectivity index (χ0v) is 16.1. The van der Waals surface area contributed by atoms with Gasteiger partial charge in [-0.2, -0.15) is 0 Å². The second kappa shape index (κ2) is 7.77. The Bertz CT molecular complexity index is 519. The Balaban J connectivity index is 1.37. The summed E-state index contributed by atoms with van der Waals surface area (Å²) in [5, 5.41) is 6.50. The van der Waals surface area contributed by atoms with Crippen molar-refractivity contribution < 1.29 is 9.59 Å². The summed E-state index contributed by atoms with van der Waals surface area (Å²) in [7, 11) is 0. The lowest BCUT2D eigenvalue weighted by Crippen LogP contribution is -2.45. The number of rotatable bonds is 4. The molecular weight excluding hydrogens is 326 g/mol. The van der Waals surface area contributed by atoms with Crippen LogP contribution in [0.25, 0.3) is 0 Å². The predicted octanol–water partition coefficient (Wildman–Crippen LogP) is 3.44. The number of nitrogens with zero attached hydrogens (tertiary/aromatic N) is 1. The molecule has 1 aliphatic heterocycles. The number of urea groups is 1. The smallest absolute Gasteiger partial charge is 0.317 e. The normalized spacial score (nSPS) is 28.9. The molecule has 4 rings (SSSR count). The average Bonchev–Trinajstić information content (AvgIpc) is 3.45. The summed E-state index contributed by atoms with van der Waals surface area (Å²) in [6.07, 6.45) is 14.4. The first kappa shape index (κ1) is 18.1. The molecule has 0 aromatic carbocycles. The largest absolute Gasteiger partial charge is 0.355 e. The zero-order valence-electron chi connectivity index (χ0n) is 16.1. The molecule has 0 aromatic rings. The van der Waals surface area contributed by atoms with Crippen LogP contribution in [-0.2, 0) is 4.79 Å². The lowest BCUT2D eigenvalue weighted by molar-refractivity contribution is -0.122. The van der Waals surface area contributed by atoms with E-state index in [4.69, 9.17) is 0 Å². The third-order valence-corrected chi connectivity index (χ3v) is 7.35. The van der Waals surface area contributed by atoms with Gasteiger partial charge in [0.2, 0.25) is 5.91 Å². The lowest BCUT2D eigenvalue weighted by Gasteiger charge is -2.38. The van der Waals surface area contributed by atoms with Crippen molar-refractivity contribution in [1.29, 1.82) is 0 Å². The molecule has 146 valence electrons. The van der Waals surface area contributed by atoms with Crippen LogP contribution in [0.4, 0.5) is 4.79 Å². The molecule has 0 bridgehead atoms. The number of carbonyl (C=O) groups excluding carboxylic acids is 2. The van der Waals surface area contributed by atoms with E-state index in [-0.39, 0.29) is 23.3 Å². The maximum atomic E-state index is 12.9. The van der Waals surface area contributed by atoms with E-state index < -0.39 is 0 Å². The van der Waals surface area contributed by atoms with Crippen LogP contribution in [0.3, 0.4) is 0 Å². The number of carbonyl (C=O) groups is 2. The van der Waals surface area contributed by atoms with Gasteiger partial charge in [-0.15, -0.1) is 0 Å². The fourth-order valence-electron chi connectivity index (χ4n) is 5.52. The molecule has 4 aliphatic rings. The van der Waals surface area contributed by atoms with Crippen molar-refractivity contribution in [2.75, 3.05) is 19.6 Å². The standard InChI is InChI=1S/C21H35N3O2/c25-19(16-9-10-16)22-13-17-14-24(15-21(17)11-5-2-6-12-21)20(26)23-18-7-3-1-4-8-18/h16-18H,1-15H2,(H,22,25)(H,23,26). The van der Waals surface area contributed by atoms with Gasteiger partial charge in [0.15, 0.2) is 0 Å². The van der Waals surface area contributed by atoms with Crippen molar-refractivity contribution in [3.63, 3.8) is 0 Å². The molecule has 2 N–H and O–H groups in total. The van der Waals surface area contributed by atoms with Crippen LogP contribution in [0.15, 0.2) is 0 Å². The first-order valence-electron chi connectivity index (χ1n) is 11.0. The molecule has 3 amide bonds. The number of hydrogen-bond donors (Lipinski definition) is 2. The first-order valence-corrected chi connectivity index (χ1v) is 11.0. The Labute approximate surface area is 157 Å². The Kier molecular flexibility index (Phi) is 5.42.